The minimum Gasteiger partial charge on any atom is -0.273 e. The maximum atomic E-state index is 12.2. The molecule has 0 aromatic carbocycles. The Kier molecular flexibility index (Phi) is 4.26. The highest BCUT2D eigenvalue weighted by molar-refractivity contribution is 7.92. The standard InChI is InChI=1S/C12H14N2O3S3/c1-7(10-5-4-6-18-10)11(15)14-20(16,17)12-8(2)13-9(3)19-12/h4-7H,1-3H3,(H,14,15). The molecular weight excluding hydrogens is 316 g/mol. The first kappa shape index (κ1) is 15.1. The number of carbonyl (C=O) groups is 1. The molecule has 2 aromatic heterocycles. The monoisotopic (exact) mass is 330 g/mol. The number of carbonyl (C=O) groups excluding carboxylic acids is 1. The van der Waals surface area contributed by atoms with E-state index < -0.39 is 21.8 Å². The lowest BCUT2D eigenvalue weighted by molar-refractivity contribution is -0.120. The third-order valence-electron chi connectivity index (χ3n) is 2.70. The molecule has 2 rings (SSSR count). The summed E-state index contributed by atoms with van der Waals surface area (Å²) in [5, 5.41) is 2.51. The number of sulfonamides is 1. The van der Waals surface area contributed by atoms with Crippen molar-refractivity contribution in [3.05, 3.63) is 33.1 Å². The van der Waals surface area contributed by atoms with Gasteiger partial charge in [-0.1, -0.05) is 6.07 Å². The third-order valence-corrected chi connectivity index (χ3v) is 6.79. The number of aryl methyl sites for hydroxylation is 2. The van der Waals surface area contributed by atoms with E-state index in [0.717, 1.165) is 16.2 Å². The van der Waals surface area contributed by atoms with Gasteiger partial charge in [0.1, 0.15) is 0 Å². The second-order valence-electron chi connectivity index (χ2n) is 4.31. The minimum atomic E-state index is -3.84. The number of nitrogens with one attached hydrogen (secondary N) is 1. The molecule has 0 aliphatic carbocycles. The normalized spacial score (nSPS) is 13.2. The second-order valence-corrected chi connectivity index (χ2v) is 8.37. The van der Waals surface area contributed by atoms with Gasteiger partial charge in [-0.3, -0.25) is 4.79 Å². The first-order chi connectivity index (χ1) is 9.31. The summed E-state index contributed by atoms with van der Waals surface area (Å²) < 4.78 is 26.6. The van der Waals surface area contributed by atoms with Crippen LogP contribution < -0.4 is 4.72 Å². The second kappa shape index (κ2) is 5.63. The van der Waals surface area contributed by atoms with Gasteiger partial charge in [0.15, 0.2) is 4.21 Å². The quantitative estimate of drug-likeness (QED) is 0.934. The summed E-state index contributed by atoms with van der Waals surface area (Å²) in [6.07, 6.45) is 0. The Hall–Kier alpha value is -1.25. The molecule has 5 nitrogen and oxygen atoms in total. The van der Waals surface area contributed by atoms with Crippen LogP contribution in [-0.4, -0.2) is 19.3 Å². The third kappa shape index (κ3) is 3.08. The smallest absolute Gasteiger partial charge is 0.273 e. The van der Waals surface area contributed by atoms with Gasteiger partial charge >= 0.3 is 0 Å². The Bertz CT molecular complexity index is 717. The van der Waals surface area contributed by atoms with Gasteiger partial charge in [-0.05, 0) is 32.2 Å². The summed E-state index contributed by atoms with van der Waals surface area (Å²) in [6.45, 7) is 5.03. The van der Waals surface area contributed by atoms with E-state index in [1.165, 1.54) is 11.3 Å². The van der Waals surface area contributed by atoms with E-state index in [2.05, 4.69) is 9.71 Å². The molecular formula is C12H14N2O3S3. The van der Waals surface area contributed by atoms with Crippen molar-refractivity contribution in [2.24, 2.45) is 0 Å². The molecule has 1 N–H and O–H groups in total. The molecule has 0 saturated carbocycles. The molecule has 0 radical (unpaired) electrons. The van der Waals surface area contributed by atoms with Crippen LogP contribution in [0.5, 0.6) is 0 Å². The van der Waals surface area contributed by atoms with Gasteiger partial charge in [0.25, 0.3) is 10.0 Å². The van der Waals surface area contributed by atoms with E-state index in [0.29, 0.717) is 10.7 Å². The number of aromatic nitrogens is 1. The minimum absolute atomic E-state index is 0.0988. The van der Waals surface area contributed by atoms with E-state index in [1.54, 1.807) is 20.8 Å². The lowest BCUT2D eigenvalue weighted by Gasteiger charge is -2.10. The first-order valence-electron chi connectivity index (χ1n) is 5.85. The zero-order valence-corrected chi connectivity index (χ0v) is 13.7. The number of hydrogen-bond donors (Lipinski definition) is 1. The van der Waals surface area contributed by atoms with Crippen molar-refractivity contribution in [2.45, 2.75) is 30.9 Å². The van der Waals surface area contributed by atoms with Gasteiger partial charge in [-0.15, -0.1) is 22.7 Å². The van der Waals surface area contributed by atoms with Gasteiger partial charge in [-0.25, -0.2) is 18.1 Å². The number of thiazole rings is 1. The molecule has 1 atom stereocenters. The van der Waals surface area contributed by atoms with Crippen LogP contribution in [0.25, 0.3) is 0 Å². The highest BCUT2D eigenvalue weighted by Crippen LogP contribution is 2.25. The highest BCUT2D eigenvalue weighted by atomic mass is 32.2. The predicted molar refractivity (Wildman–Crippen MR) is 79.7 cm³/mol. The van der Waals surface area contributed by atoms with Gasteiger partial charge < -0.3 is 0 Å². The molecule has 0 aliphatic rings. The molecule has 1 unspecified atom stereocenters. The molecule has 0 saturated heterocycles. The van der Waals surface area contributed by atoms with E-state index in [9.17, 15) is 13.2 Å². The molecule has 2 heterocycles. The van der Waals surface area contributed by atoms with Crippen molar-refractivity contribution >= 4 is 38.6 Å². The summed E-state index contributed by atoms with van der Waals surface area (Å²) in [4.78, 5) is 16.9. The van der Waals surface area contributed by atoms with Crippen molar-refractivity contribution < 1.29 is 13.2 Å². The Morgan fingerprint density at radius 3 is 2.60 bits per heavy atom. The molecule has 20 heavy (non-hydrogen) atoms. The SMILES string of the molecule is Cc1nc(C)c(S(=O)(=O)NC(=O)C(C)c2cccs2)s1. The molecule has 0 bridgehead atoms. The van der Waals surface area contributed by atoms with Gasteiger partial charge in [0.2, 0.25) is 5.91 Å². The summed E-state index contributed by atoms with van der Waals surface area (Å²) in [5.74, 6) is -1.03. The topological polar surface area (TPSA) is 76.1 Å². The van der Waals surface area contributed by atoms with Crippen LogP contribution >= 0.6 is 22.7 Å². The Balaban J connectivity index is 2.21. The van der Waals surface area contributed by atoms with E-state index in [4.69, 9.17) is 0 Å². The maximum absolute atomic E-state index is 12.2. The highest BCUT2D eigenvalue weighted by Gasteiger charge is 2.26. The summed E-state index contributed by atoms with van der Waals surface area (Å²) in [6, 6.07) is 3.64. The maximum Gasteiger partial charge on any atom is 0.275 e. The Morgan fingerprint density at radius 2 is 2.10 bits per heavy atom. The molecule has 108 valence electrons. The lowest BCUT2D eigenvalue weighted by Crippen LogP contribution is -2.33. The van der Waals surface area contributed by atoms with Crippen LogP contribution in [0.3, 0.4) is 0 Å². The summed E-state index contributed by atoms with van der Waals surface area (Å²) in [7, 11) is -3.84. The first-order valence-corrected chi connectivity index (χ1v) is 9.03. The number of amides is 1. The van der Waals surface area contributed by atoms with Crippen molar-refractivity contribution in [1.29, 1.82) is 0 Å². The van der Waals surface area contributed by atoms with Gasteiger partial charge in [-0.2, -0.15) is 0 Å². The van der Waals surface area contributed by atoms with E-state index in [-0.39, 0.29) is 4.21 Å². The van der Waals surface area contributed by atoms with Crippen molar-refractivity contribution in [3.63, 3.8) is 0 Å². The zero-order chi connectivity index (χ0) is 14.9. The summed E-state index contributed by atoms with van der Waals surface area (Å²) in [5.41, 5.74) is 0.413. The zero-order valence-electron chi connectivity index (χ0n) is 11.2. The molecule has 0 fully saturated rings. The number of thiophene rings is 1. The van der Waals surface area contributed by atoms with E-state index in [1.807, 2.05) is 17.5 Å². The number of hydrogen-bond acceptors (Lipinski definition) is 6. The number of nitrogens with zero attached hydrogens (tertiary/aromatic N) is 1. The van der Waals surface area contributed by atoms with Crippen molar-refractivity contribution in [3.8, 4) is 0 Å². The average molecular weight is 330 g/mol. The average Bonchev–Trinajstić information content (AvgIpc) is 2.97. The number of rotatable bonds is 4. The fourth-order valence-corrected chi connectivity index (χ4v) is 5.02. The Labute approximate surface area is 125 Å². The molecule has 2 aromatic rings. The molecule has 0 spiro atoms. The molecule has 0 aliphatic heterocycles. The van der Waals surface area contributed by atoms with Crippen LogP contribution in [0.4, 0.5) is 0 Å². The molecule has 1 amide bonds. The van der Waals surface area contributed by atoms with Gasteiger partial charge in [0.05, 0.1) is 16.6 Å². The van der Waals surface area contributed by atoms with Crippen molar-refractivity contribution in [1.82, 2.24) is 9.71 Å². The lowest BCUT2D eigenvalue weighted by atomic mass is 10.1. The fourth-order valence-electron chi connectivity index (χ4n) is 1.70. The van der Waals surface area contributed by atoms with Crippen LogP contribution in [0.2, 0.25) is 0 Å². The van der Waals surface area contributed by atoms with E-state index >= 15 is 0 Å². The Morgan fingerprint density at radius 1 is 1.40 bits per heavy atom. The van der Waals surface area contributed by atoms with Crippen LogP contribution in [0, 0.1) is 13.8 Å². The summed E-state index contributed by atoms with van der Waals surface area (Å²) >= 11 is 2.48. The predicted octanol–water partition coefficient (Wildman–Crippen LogP) is 2.43. The molecule has 8 heteroatoms. The van der Waals surface area contributed by atoms with Crippen molar-refractivity contribution in [2.75, 3.05) is 0 Å². The van der Waals surface area contributed by atoms with Crippen LogP contribution in [-0.2, 0) is 14.8 Å². The largest absolute Gasteiger partial charge is 0.275 e. The van der Waals surface area contributed by atoms with Crippen LogP contribution in [0.1, 0.15) is 28.4 Å². The van der Waals surface area contributed by atoms with Crippen LogP contribution in [0.15, 0.2) is 21.7 Å². The van der Waals surface area contributed by atoms with Gasteiger partial charge in [0, 0.05) is 4.88 Å². The fraction of sp³-hybridized carbons (Fsp3) is 0.333.